The Balaban J connectivity index is 1.61. The molecule has 5 heteroatoms. The fourth-order valence-electron chi connectivity index (χ4n) is 2.92. The van der Waals surface area contributed by atoms with Gasteiger partial charge in [-0.3, -0.25) is 4.99 Å². The largest absolute Gasteiger partial charge is 0.356 e. The molecule has 1 fully saturated rings. The number of thioether (sulfide) groups is 1. The topological polar surface area (TPSA) is 39.7 Å². The molecule has 1 atom stereocenters. The Morgan fingerprint density at radius 3 is 2.87 bits per heavy atom. The number of piperidine rings is 1. The van der Waals surface area contributed by atoms with E-state index in [-0.39, 0.29) is 0 Å². The third-order valence-electron chi connectivity index (χ3n) is 4.24. The smallest absolute Gasteiger partial charge is 0.191 e. The van der Waals surface area contributed by atoms with E-state index in [2.05, 4.69) is 57.8 Å². The van der Waals surface area contributed by atoms with Crippen LogP contribution in [0.5, 0.6) is 0 Å². The highest BCUT2D eigenvalue weighted by atomic mass is 32.2. The summed E-state index contributed by atoms with van der Waals surface area (Å²) in [6.45, 7) is 7.83. The van der Waals surface area contributed by atoms with Gasteiger partial charge in [-0.15, -0.1) is 11.8 Å². The number of likely N-dealkylation sites (tertiary alicyclic amines) is 1. The first kappa shape index (κ1) is 18.1. The lowest BCUT2D eigenvalue weighted by atomic mass is 9.98. The second-order valence-electron chi connectivity index (χ2n) is 5.94. The second kappa shape index (κ2) is 10.6. The summed E-state index contributed by atoms with van der Waals surface area (Å²) in [7, 11) is 1.85. The van der Waals surface area contributed by atoms with Crippen LogP contribution in [0, 0.1) is 5.92 Å². The maximum atomic E-state index is 4.33. The Morgan fingerprint density at radius 1 is 1.30 bits per heavy atom. The molecule has 0 spiro atoms. The van der Waals surface area contributed by atoms with E-state index < -0.39 is 0 Å². The van der Waals surface area contributed by atoms with Gasteiger partial charge in [-0.25, -0.2) is 0 Å². The molecular weight excluding hydrogens is 304 g/mol. The first-order valence-electron chi connectivity index (χ1n) is 8.66. The monoisotopic (exact) mass is 334 g/mol. The fraction of sp³-hybridized carbons (Fsp3) is 0.611. The van der Waals surface area contributed by atoms with Gasteiger partial charge >= 0.3 is 0 Å². The molecule has 2 N–H and O–H groups in total. The lowest BCUT2D eigenvalue weighted by Crippen LogP contribution is -2.44. The lowest BCUT2D eigenvalue weighted by molar-refractivity contribution is 0.183. The summed E-state index contributed by atoms with van der Waals surface area (Å²) in [5.41, 5.74) is 0. The molecule has 1 heterocycles. The molecule has 0 bridgehead atoms. The first-order chi connectivity index (χ1) is 11.3. The van der Waals surface area contributed by atoms with E-state index in [1.54, 1.807) is 0 Å². The number of nitrogens with one attached hydrogen (secondary N) is 2. The summed E-state index contributed by atoms with van der Waals surface area (Å²) >= 11 is 1.87. The average molecular weight is 335 g/mol. The third-order valence-corrected chi connectivity index (χ3v) is 5.25. The number of nitrogens with zero attached hydrogens (tertiary/aromatic N) is 2. The number of rotatable bonds is 7. The van der Waals surface area contributed by atoms with Crippen molar-refractivity contribution in [1.82, 2.24) is 15.5 Å². The SMILES string of the molecule is CCN1CCCC(CNC(=NC)NCCSc2ccccc2)C1. The number of aliphatic imine (C=N–C) groups is 1. The van der Waals surface area contributed by atoms with Crippen LogP contribution in [0.2, 0.25) is 0 Å². The van der Waals surface area contributed by atoms with Crippen LogP contribution in [0.4, 0.5) is 0 Å². The highest BCUT2D eigenvalue weighted by Crippen LogP contribution is 2.16. The van der Waals surface area contributed by atoms with E-state index in [1.165, 1.54) is 37.4 Å². The van der Waals surface area contributed by atoms with Crippen LogP contribution in [0.15, 0.2) is 40.2 Å². The fourth-order valence-corrected chi connectivity index (χ4v) is 3.71. The van der Waals surface area contributed by atoms with E-state index in [9.17, 15) is 0 Å². The predicted molar refractivity (Wildman–Crippen MR) is 101 cm³/mol. The van der Waals surface area contributed by atoms with Crippen LogP contribution in [0.3, 0.4) is 0 Å². The minimum atomic E-state index is 0.737. The Morgan fingerprint density at radius 2 is 2.13 bits per heavy atom. The van der Waals surface area contributed by atoms with E-state index in [0.29, 0.717) is 0 Å². The molecular formula is C18H30N4S. The molecule has 23 heavy (non-hydrogen) atoms. The van der Waals surface area contributed by atoms with Crippen LogP contribution in [0.25, 0.3) is 0 Å². The molecule has 1 aliphatic rings. The molecule has 1 unspecified atom stereocenters. The summed E-state index contributed by atoms with van der Waals surface area (Å²) in [5, 5.41) is 6.89. The van der Waals surface area contributed by atoms with Gasteiger partial charge in [0.15, 0.2) is 5.96 Å². The van der Waals surface area contributed by atoms with Gasteiger partial charge in [0, 0.05) is 37.3 Å². The molecule has 1 aromatic carbocycles. The normalized spacial score (nSPS) is 19.6. The summed E-state index contributed by atoms with van der Waals surface area (Å²) in [5.74, 6) is 2.70. The van der Waals surface area contributed by atoms with Crippen molar-refractivity contribution in [1.29, 1.82) is 0 Å². The Hall–Kier alpha value is -1.20. The van der Waals surface area contributed by atoms with Crippen LogP contribution in [0.1, 0.15) is 19.8 Å². The maximum Gasteiger partial charge on any atom is 0.191 e. The zero-order chi connectivity index (χ0) is 16.3. The van der Waals surface area contributed by atoms with Gasteiger partial charge in [-0.05, 0) is 44.0 Å². The molecule has 2 rings (SSSR count). The Labute approximate surface area is 145 Å². The second-order valence-corrected chi connectivity index (χ2v) is 7.11. The van der Waals surface area contributed by atoms with E-state index in [4.69, 9.17) is 0 Å². The van der Waals surface area contributed by atoms with Crippen molar-refractivity contribution in [3.05, 3.63) is 30.3 Å². The summed E-state index contributed by atoms with van der Waals surface area (Å²) in [4.78, 5) is 8.19. The van der Waals surface area contributed by atoms with Crippen LogP contribution in [-0.4, -0.2) is 56.4 Å². The van der Waals surface area contributed by atoms with Crippen LogP contribution >= 0.6 is 11.8 Å². The maximum absolute atomic E-state index is 4.33. The van der Waals surface area contributed by atoms with Crippen molar-refractivity contribution < 1.29 is 0 Å². The van der Waals surface area contributed by atoms with E-state index in [1.807, 2.05) is 18.8 Å². The van der Waals surface area contributed by atoms with Gasteiger partial charge in [-0.2, -0.15) is 0 Å². The molecule has 0 aromatic heterocycles. The van der Waals surface area contributed by atoms with Gasteiger partial charge in [-0.1, -0.05) is 25.1 Å². The average Bonchev–Trinajstić information content (AvgIpc) is 2.62. The summed E-state index contributed by atoms with van der Waals surface area (Å²) in [6.07, 6.45) is 2.64. The summed E-state index contributed by atoms with van der Waals surface area (Å²) in [6, 6.07) is 10.5. The standard InChI is InChI=1S/C18H30N4S/c1-3-22-12-7-8-16(15-22)14-21-18(19-2)20-11-13-23-17-9-5-4-6-10-17/h4-6,9-10,16H,3,7-8,11-15H2,1-2H3,(H2,19,20,21). The van der Waals surface area contributed by atoms with Gasteiger partial charge in [0.2, 0.25) is 0 Å². The highest BCUT2D eigenvalue weighted by Gasteiger charge is 2.18. The van der Waals surface area contributed by atoms with Crippen molar-refractivity contribution in [3.8, 4) is 0 Å². The van der Waals surface area contributed by atoms with Gasteiger partial charge in [0.1, 0.15) is 0 Å². The number of hydrogen-bond donors (Lipinski definition) is 2. The first-order valence-corrected chi connectivity index (χ1v) is 9.65. The van der Waals surface area contributed by atoms with Crippen molar-refractivity contribution in [2.24, 2.45) is 10.9 Å². The number of guanidine groups is 1. The molecule has 128 valence electrons. The van der Waals surface area contributed by atoms with Crippen molar-refractivity contribution in [2.75, 3.05) is 45.5 Å². The number of benzene rings is 1. The lowest BCUT2D eigenvalue weighted by Gasteiger charge is -2.32. The molecule has 1 saturated heterocycles. The predicted octanol–water partition coefficient (Wildman–Crippen LogP) is 2.68. The molecule has 0 radical (unpaired) electrons. The minimum absolute atomic E-state index is 0.737. The zero-order valence-electron chi connectivity index (χ0n) is 14.4. The van der Waals surface area contributed by atoms with Crippen LogP contribution in [-0.2, 0) is 0 Å². The molecule has 1 aliphatic heterocycles. The molecule has 0 aliphatic carbocycles. The number of hydrogen-bond acceptors (Lipinski definition) is 3. The molecule has 0 amide bonds. The summed E-state index contributed by atoms with van der Waals surface area (Å²) < 4.78 is 0. The highest BCUT2D eigenvalue weighted by molar-refractivity contribution is 7.99. The van der Waals surface area contributed by atoms with Crippen molar-refractivity contribution >= 4 is 17.7 Å². The molecule has 1 aromatic rings. The van der Waals surface area contributed by atoms with Gasteiger partial charge in [0.25, 0.3) is 0 Å². The van der Waals surface area contributed by atoms with Gasteiger partial charge in [0.05, 0.1) is 0 Å². The Kier molecular flexibility index (Phi) is 8.32. The third kappa shape index (κ3) is 6.83. The quantitative estimate of drug-likeness (QED) is 0.348. The van der Waals surface area contributed by atoms with E-state index in [0.717, 1.165) is 30.7 Å². The van der Waals surface area contributed by atoms with E-state index >= 15 is 0 Å². The molecule has 0 saturated carbocycles. The van der Waals surface area contributed by atoms with Gasteiger partial charge < -0.3 is 15.5 Å². The zero-order valence-corrected chi connectivity index (χ0v) is 15.2. The Bertz CT molecular complexity index is 463. The minimum Gasteiger partial charge on any atom is -0.356 e. The van der Waals surface area contributed by atoms with Crippen LogP contribution < -0.4 is 10.6 Å². The van der Waals surface area contributed by atoms with Crippen molar-refractivity contribution in [3.63, 3.8) is 0 Å². The van der Waals surface area contributed by atoms with Crippen molar-refractivity contribution in [2.45, 2.75) is 24.7 Å². The molecule has 4 nitrogen and oxygen atoms in total.